The third-order valence-electron chi connectivity index (χ3n) is 4.26. The summed E-state index contributed by atoms with van der Waals surface area (Å²) in [5.41, 5.74) is 2.12. The van der Waals surface area contributed by atoms with Gasteiger partial charge in [-0.05, 0) is 5.56 Å². The number of ether oxygens (including phenoxy) is 1. The molecule has 23 heavy (non-hydrogen) atoms. The van der Waals surface area contributed by atoms with Crippen LogP contribution in [0.5, 0.6) is 0 Å². The molecule has 2 heterocycles. The van der Waals surface area contributed by atoms with E-state index in [9.17, 15) is 4.79 Å². The highest BCUT2D eigenvalue weighted by molar-refractivity contribution is 6.04. The first-order chi connectivity index (χ1) is 10.7. The Morgan fingerprint density at radius 2 is 1.87 bits per heavy atom. The highest BCUT2D eigenvalue weighted by Crippen LogP contribution is 2.20. The Kier molecular flexibility index (Phi) is 6.57. The normalized spacial score (nSPS) is 22.5. The van der Waals surface area contributed by atoms with E-state index in [4.69, 9.17) is 4.74 Å². The predicted octanol–water partition coefficient (Wildman–Crippen LogP) is 2.01. The number of morpholine rings is 1. The van der Waals surface area contributed by atoms with Crippen LogP contribution in [0.4, 0.5) is 0 Å². The summed E-state index contributed by atoms with van der Waals surface area (Å²) in [6, 6.07) is 10.1. The van der Waals surface area contributed by atoms with Gasteiger partial charge in [-0.3, -0.25) is 9.69 Å². The molecule has 126 valence electrons. The molecule has 0 aromatic heterocycles. The van der Waals surface area contributed by atoms with Crippen molar-refractivity contribution in [2.45, 2.75) is 13.3 Å². The van der Waals surface area contributed by atoms with Gasteiger partial charge in [0.2, 0.25) is 5.91 Å². The summed E-state index contributed by atoms with van der Waals surface area (Å²) in [6.07, 6.45) is 0.719. The van der Waals surface area contributed by atoms with E-state index in [0.717, 1.165) is 50.5 Å². The van der Waals surface area contributed by atoms with Gasteiger partial charge in [-0.15, -0.1) is 12.4 Å². The van der Waals surface area contributed by atoms with E-state index in [1.54, 1.807) is 5.01 Å². The Morgan fingerprint density at radius 3 is 2.57 bits per heavy atom. The Balaban J connectivity index is 0.00000192. The van der Waals surface area contributed by atoms with Crippen molar-refractivity contribution in [2.24, 2.45) is 11.0 Å². The zero-order valence-electron chi connectivity index (χ0n) is 13.5. The number of halogens is 1. The fourth-order valence-electron chi connectivity index (χ4n) is 2.89. The Labute approximate surface area is 143 Å². The van der Waals surface area contributed by atoms with E-state index in [1.807, 2.05) is 25.1 Å². The van der Waals surface area contributed by atoms with Crippen molar-refractivity contribution in [1.29, 1.82) is 0 Å². The van der Waals surface area contributed by atoms with Crippen molar-refractivity contribution in [3.05, 3.63) is 35.9 Å². The SMILES string of the molecule is CC1CC(c2ccccc2)=NN(CCN2CCOCC2)C1=O.Cl. The van der Waals surface area contributed by atoms with Gasteiger partial charge in [0.25, 0.3) is 0 Å². The first kappa shape index (κ1) is 17.9. The summed E-state index contributed by atoms with van der Waals surface area (Å²) in [5, 5.41) is 6.27. The second-order valence-electron chi connectivity index (χ2n) is 5.93. The van der Waals surface area contributed by atoms with E-state index in [1.165, 1.54) is 0 Å². The average Bonchev–Trinajstić information content (AvgIpc) is 2.58. The van der Waals surface area contributed by atoms with Crippen LogP contribution in [0.2, 0.25) is 0 Å². The van der Waals surface area contributed by atoms with Crippen LogP contribution in [-0.2, 0) is 9.53 Å². The van der Waals surface area contributed by atoms with Crippen molar-refractivity contribution < 1.29 is 9.53 Å². The molecule has 2 aliphatic rings. The van der Waals surface area contributed by atoms with Gasteiger partial charge in [0.15, 0.2) is 0 Å². The quantitative estimate of drug-likeness (QED) is 0.844. The van der Waals surface area contributed by atoms with E-state index in [-0.39, 0.29) is 24.2 Å². The van der Waals surface area contributed by atoms with Crippen LogP contribution in [0, 0.1) is 5.92 Å². The molecule has 0 bridgehead atoms. The highest BCUT2D eigenvalue weighted by Gasteiger charge is 2.28. The van der Waals surface area contributed by atoms with Gasteiger partial charge in [-0.2, -0.15) is 5.10 Å². The lowest BCUT2D eigenvalue weighted by molar-refractivity contribution is -0.136. The van der Waals surface area contributed by atoms with Crippen molar-refractivity contribution in [3.63, 3.8) is 0 Å². The summed E-state index contributed by atoms with van der Waals surface area (Å²) in [6.45, 7) is 6.93. The summed E-state index contributed by atoms with van der Waals surface area (Å²) in [5.74, 6) is 0.130. The molecule has 0 N–H and O–H groups in total. The molecule has 5 nitrogen and oxygen atoms in total. The predicted molar refractivity (Wildman–Crippen MR) is 93.0 cm³/mol. The molecule has 1 fully saturated rings. The maximum Gasteiger partial charge on any atom is 0.245 e. The summed E-state index contributed by atoms with van der Waals surface area (Å²) >= 11 is 0. The van der Waals surface area contributed by atoms with Crippen molar-refractivity contribution in [3.8, 4) is 0 Å². The van der Waals surface area contributed by atoms with Gasteiger partial charge in [-0.1, -0.05) is 37.3 Å². The second kappa shape index (κ2) is 8.43. The number of benzene rings is 1. The maximum atomic E-state index is 12.4. The molecule has 0 radical (unpaired) electrons. The lowest BCUT2D eigenvalue weighted by Gasteiger charge is -2.31. The van der Waals surface area contributed by atoms with Crippen LogP contribution in [-0.4, -0.2) is 60.9 Å². The average molecular weight is 338 g/mol. The largest absolute Gasteiger partial charge is 0.379 e. The van der Waals surface area contributed by atoms with Crippen molar-refractivity contribution in [1.82, 2.24) is 9.91 Å². The molecule has 6 heteroatoms. The molecule has 1 aromatic rings. The van der Waals surface area contributed by atoms with Gasteiger partial charge < -0.3 is 4.74 Å². The topological polar surface area (TPSA) is 45.1 Å². The van der Waals surface area contributed by atoms with Gasteiger partial charge in [0.1, 0.15) is 0 Å². The third kappa shape index (κ3) is 4.53. The van der Waals surface area contributed by atoms with Crippen molar-refractivity contribution >= 4 is 24.0 Å². The number of hydrogen-bond acceptors (Lipinski definition) is 4. The fraction of sp³-hybridized carbons (Fsp3) is 0.529. The molecule has 0 aliphatic carbocycles. The van der Waals surface area contributed by atoms with Gasteiger partial charge >= 0.3 is 0 Å². The maximum absolute atomic E-state index is 12.4. The number of hydrogen-bond donors (Lipinski definition) is 0. The van der Waals surface area contributed by atoms with Crippen LogP contribution in [0.3, 0.4) is 0 Å². The van der Waals surface area contributed by atoms with E-state index in [2.05, 4.69) is 22.1 Å². The second-order valence-corrected chi connectivity index (χ2v) is 5.93. The summed E-state index contributed by atoms with van der Waals surface area (Å²) in [4.78, 5) is 14.7. The monoisotopic (exact) mass is 337 g/mol. The molecular weight excluding hydrogens is 314 g/mol. The van der Waals surface area contributed by atoms with E-state index < -0.39 is 0 Å². The number of hydrazone groups is 1. The minimum absolute atomic E-state index is 0. The third-order valence-corrected chi connectivity index (χ3v) is 4.26. The van der Waals surface area contributed by atoms with Gasteiger partial charge in [-0.25, -0.2) is 5.01 Å². The summed E-state index contributed by atoms with van der Waals surface area (Å²) in [7, 11) is 0. The number of rotatable bonds is 4. The number of amides is 1. The van der Waals surface area contributed by atoms with Crippen LogP contribution in [0.15, 0.2) is 35.4 Å². The van der Waals surface area contributed by atoms with Crippen LogP contribution < -0.4 is 0 Å². The van der Waals surface area contributed by atoms with Crippen LogP contribution >= 0.6 is 12.4 Å². The van der Waals surface area contributed by atoms with Crippen LogP contribution in [0.1, 0.15) is 18.9 Å². The Hall–Kier alpha value is -1.43. The summed E-state index contributed by atoms with van der Waals surface area (Å²) < 4.78 is 5.35. The lowest BCUT2D eigenvalue weighted by atomic mass is 9.96. The smallest absolute Gasteiger partial charge is 0.245 e. The molecule has 1 saturated heterocycles. The van der Waals surface area contributed by atoms with Gasteiger partial charge in [0, 0.05) is 32.0 Å². The molecule has 3 rings (SSSR count). The molecular formula is C17H24ClN3O2. The standard InChI is InChI=1S/C17H23N3O2.ClH/c1-14-13-16(15-5-3-2-4-6-15)18-20(17(14)21)8-7-19-9-11-22-12-10-19;/h2-6,14H,7-13H2,1H3;1H. The number of nitrogens with zero attached hydrogens (tertiary/aromatic N) is 3. The molecule has 1 aromatic carbocycles. The van der Waals surface area contributed by atoms with Crippen LogP contribution in [0.25, 0.3) is 0 Å². The molecule has 0 saturated carbocycles. The first-order valence-electron chi connectivity index (χ1n) is 7.98. The Bertz CT molecular complexity index is 544. The molecule has 2 aliphatic heterocycles. The molecule has 0 spiro atoms. The lowest BCUT2D eigenvalue weighted by Crippen LogP contribution is -2.44. The minimum Gasteiger partial charge on any atom is -0.379 e. The number of carbonyl (C=O) groups excluding carboxylic acids is 1. The zero-order chi connectivity index (χ0) is 15.4. The van der Waals surface area contributed by atoms with E-state index in [0.29, 0.717) is 6.54 Å². The first-order valence-corrected chi connectivity index (χ1v) is 7.98. The van der Waals surface area contributed by atoms with Gasteiger partial charge in [0.05, 0.1) is 25.5 Å². The highest BCUT2D eigenvalue weighted by atomic mass is 35.5. The molecule has 1 amide bonds. The Morgan fingerprint density at radius 1 is 1.17 bits per heavy atom. The van der Waals surface area contributed by atoms with Crippen molar-refractivity contribution in [2.75, 3.05) is 39.4 Å². The minimum atomic E-state index is -0.00241. The number of carbonyl (C=O) groups is 1. The molecule has 1 atom stereocenters. The fourth-order valence-corrected chi connectivity index (χ4v) is 2.89. The zero-order valence-corrected chi connectivity index (χ0v) is 14.3. The van der Waals surface area contributed by atoms with E-state index >= 15 is 0 Å². The molecule has 1 unspecified atom stereocenters.